The highest BCUT2D eigenvalue weighted by molar-refractivity contribution is 5.78. The molecule has 2 aliphatic heterocycles. The maximum Gasteiger partial charge on any atom is 0.223 e. The predicted octanol–water partition coefficient (Wildman–Crippen LogP) is 3.20. The van der Waals surface area contributed by atoms with Gasteiger partial charge in [0.2, 0.25) is 5.91 Å². The van der Waals surface area contributed by atoms with E-state index in [2.05, 4.69) is 17.7 Å². The molecule has 0 bridgehead atoms. The Hall–Kier alpha value is -1.88. The summed E-state index contributed by atoms with van der Waals surface area (Å²) in [6, 6.07) is 8.28. The number of amides is 1. The van der Waals surface area contributed by atoms with Crippen molar-refractivity contribution in [1.29, 1.82) is 0 Å². The number of benzene rings is 1. The van der Waals surface area contributed by atoms with E-state index < -0.39 is 0 Å². The van der Waals surface area contributed by atoms with Crippen molar-refractivity contribution in [2.75, 3.05) is 13.2 Å². The van der Waals surface area contributed by atoms with Crippen LogP contribution in [0.5, 0.6) is 0 Å². The Labute approximate surface area is 142 Å². The third kappa shape index (κ3) is 2.81. The fourth-order valence-corrected chi connectivity index (χ4v) is 4.10. The topological polar surface area (TPSA) is 47.4 Å². The number of hydrogen-bond acceptors (Lipinski definition) is 3. The molecule has 4 rings (SSSR count). The van der Waals surface area contributed by atoms with E-state index in [0.29, 0.717) is 6.42 Å². The smallest absolute Gasteiger partial charge is 0.223 e. The summed E-state index contributed by atoms with van der Waals surface area (Å²) in [6.07, 6.45) is 6.01. The molecule has 2 aliphatic rings. The maximum absolute atomic E-state index is 12.7. The molecule has 0 spiro atoms. The molecule has 0 N–H and O–H groups in total. The van der Waals surface area contributed by atoms with Crippen LogP contribution in [-0.4, -0.2) is 39.6 Å². The molecule has 2 aromatic rings. The van der Waals surface area contributed by atoms with Crippen molar-refractivity contribution in [3.63, 3.8) is 0 Å². The van der Waals surface area contributed by atoms with E-state index in [1.165, 1.54) is 0 Å². The van der Waals surface area contributed by atoms with Gasteiger partial charge in [-0.2, -0.15) is 0 Å². The highest BCUT2D eigenvalue weighted by Crippen LogP contribution is 2.33. The quantitative estimate of drug-likeness (QED) is 0.866. The third-order valence-electron chi connectivity index (χ3n) is 5.40. The van der Waals surface area contributed by atoms with Gasteiger partial charge in [-0.15, -0.1) is 0 Å². The number of fused-ring (bicyclic) bond motifs is 1. The van der Waals surface area contributed by atoms with E-state index in [1.54, 1.807) is 0 Å². The molecule has 3 heterocycles. The number of imidazole rings is 1. The van der Waals surface area contributed by atoms with Gasteiger partial charge in [0.1, 0.15) is 5.82 Å². The zero-order valence-electron chi connectivity index (χ0n) is 14.3. The Morgan fingerprint density at radius 1 is 1.29 bits per heavy atom. The van der Waals surface area contributed by atoms with Gasteiger partial charge in [0.15, 0.2) is 0 Å². The first-order valence-electron chi connectivity index (χ1n) is 9.06. The van der Waals surface area contributed by atoms with Gasteiger partial charge in [0.25, 0.3) is 0 Å². The first-order valence-corrected chi connectivity index (χ1v) is 9.06. The lowest BCUT2D eigenvalue weighted by atomic mass is 10.1. The number of carbonyl (C=O) groups is 1. The highest BCUT2D eigenvalue weighted by atomic mass is 16.5. The first kappa shape index (κ1) is 15.6. The molecule has 2 saturated heterocycles. The molecule has 5 nitrogen and oxygen atoms in total. The zero-order valence-corrected chi connectivity index (χ0v) is 14.3. The molecule has 0 aliphatic carbocycles. The Bertz CT molecular complexity index is 733. The van der Waals surface area contributed by atoms with Crippen LogP contribution in [0.3, 0.4) is 0 Å². The summed E-state index contributed by atoms with van der Waals surface area (Å²) < 4.78 is 7.79. The number of para-hydroxylation sites is 2. The van der Waals surface area contributed by atoms with Gasteiger partial charge in [-0.3, -0.25) is 4.79 Å². The Morgan fingerprint density at radius 2 is 2.17 bits per heavy atom. The maximum atomic E-state index is 12.7. The Balaban J connectivity index is 1.51. The number of hydrogen-bond donors (Lipinski definition) is 0. The van der Waals surface area contributed by atoms with Crippen LogP contribution in [0.15, 0.2) is 24.3 Å². The summed E-state index contributed by atoms with van der Waals surface area (Å²) in [6.45, 7) is 1.70. The monoisotopic (exact) mass is 327 g/mol. The van der Waals surface area contributed by atoms with Gasteiger partial charge < -0.3 is 14.2 Å². The Morgan fingerprint density at radius 3 is 2.96 bits per heavy atom. The fraction of sp³-hybridized carbons (Fsp3) is 0.579. The van der Waals surface area contributed by atoms with E-state index in [0.717, 1.165) is 62.1 Å². The number of aryl methyl sites for hydroxylation is 1. The van der Waals surface area contributed by atoms with Crippen molar-refractivity contribution < 1.29 is 9.53 Å². The van der Waals surface area contributed by atoms with Crippen LogP contribution in [0.2, 0.25) is 0 Å². The summed E-state index contributed by atoms with van der Waals surface area (Å²) in [4.78, 5) is 19.6. The highest BCUT2D eigenvalue weighted by Gasteiger charge is 2.33. The third-order valence-corrected chi connectivity index (χ3v) is 5.40. The van der Waals surface area contributed by atoms with Gasteiger partial charge in [-0.25, -0.2) is 4.98 Å². The van der Waals surface area contributed by atoms with Crippen molar-refractivity contribution in [1.82, 2.24) is 14.5 Å². The molecule has 2 atom stereocenters. The van der Waals surface area contributed by atoms with Crippen LogP contribution in [0.1, 0.15) is 50.4 Å². The zero-order chi connectivity index (χ0) is 16.5. The SMILES string of the molecule is Cn1c(C2CCCN2C(=O)CCC2CCCO2)nc2ccccc21. The number of nitrogens with zero attached hydrogens (tertiary/aromatic N) is 3. The minimum absolute atomic E-state index is 0.111. The van der Waals surface area contributed by atoms with Crippen LogP contribution in [0.4, 0.5) is 0 Å². The van der Waals surface area contributed by atoms with Crippen molar-refractivity contribution in [2.24, 2.45) is 7.05 Å². The number of likely N-dealkylation sites (tertiary alicyclic amines) is 1. The van der Waals surface area contributed by atoms with Crippen molar-refractivity contribution in [3.8, 4) is 0 Å². The minimum atomic E-state index is 0.111. The molecule has 1 amide bonds. The van der Waals surface area contributed by atoms with Crippen LogP contribution in [-0.2, 0) is 16.6 Å². The standard InChI is InChI=1S/C19H25N3O2/c1-21-16-8-3-2-7-15(16)20-19(21)17-9-4-12-22(17)18(23)11-10-14-6-5-13-24-14/h2-3,7-8,14,17H,4-6,9-13H2,1H3. The van der Waals surface area contributed by atoms with E-state index in [-0.39, 0.29) is 18.1 Å². The minimum Gasteiger partial charge on any atom is -0.378 e. The van der Waals surface area contributed by atoms with Gasteiger partial charge in [-0.05, 0) is 44.2 Å². The summed E-state index contributed by atoms with van der Waals surface area (Å²) >= 11 is 0. The van der Waals surface area contributed by atoms with Gasteiger partial charge in [-0.1, -0.05) is 12.1 Å². The molecular formula is C19H25N3O2. The summed E-state index contributed by atoms with van der Waals surface area (Å²) in [5.41, 5.74) is 2.14. The molecular weight excluding hydrogens is 302 g/mol. The van der Waals surface area contributed by atoms with Crippen molar-refractivity contribution in [2.45, 2.75) is 50.7 Å². The lowest BCUT2D eigenvalue weighted by Crippen LogP contribution is -2.32. The van der Waals surface area contributed by atoms with Gasteiger partial charge in [0, 0.05) is 26.6 Å². The average molecular weight is 327 g/mol. The molecule has 2 unspecified atom stereocenters. The molecule has 5 heteroatoms. The van der Waals surface area contributed by atoms with Crippen molar-refractivity contribution >= 4 is 16.9 Å². The van der Waals surface area contributed by atoms with Crippen LogP contribution >= 0.6 is 0 Å². The predicted molar refractivity (Wildman–Crippen MR) is 92.6 cm³/mol. The number of ether oxygens (including phenoxy) is 1. The summed E-state index contributed by atoms with van der Waals surface area (Å²) in [5.74, 6) is 1.26. The van der Waals surface area contributed by atoms with E-state index in [4.69, 9.17) is 9.72 Å². The van der Waals surface area contributed by atoms with E-state index in [1.807, 2.05) is 23.1 Å². The lowest BCUT2D eigenvalue weighted by molar-refractivity contribution is -0.133. The number of carbonyl (C=O) groups excluding carboxylic acids is 1. The normalized spacial score (nSPS) is 24.1. The molecule has 2 fully saturated rings. The Kier molecular flexibility index (Phi) is 4.27. The van der Waals surface area contributed by atoms with E-state index >= 15 is 0 Å². The summed E-state index contributed by atoms with van der Waals surface area (Å²) in [7, 11) is 2.05. The van der Waals surface area contributed by atoms with E-state index in [9.17, 15) is 4.79 Å². The van der Waals surface area contributed by atoms with Crippen molar-refractivity contribution in [3.05, 3.63) is 30.1 Å². The van der Waals surface area contributed by atoms with Gasteiger partial charge >= 0.3 is 0 Å². The number of aromatic nitrogens is 2. The average Bonchev–Trinajstić information content (AvgIpc) is 3.33. The van der Waals surface area contributed by atoms with Gasteiger partial charge in [0.05, 0.1) is 23.2 Å². The van der Waals surface area contributed by atoms with Crippen LogP contribution < -0.4 is 0 Å². The molecule has 0 saturated carbocycles. The second-order valence-corrected chi connectivity index (χ2v) is 6.94. The molecule has 1 aromatic heterocycles. The largest absolute Gasteiger partial charge is 0.378 e. The fourth-order valence-electron chi connectivity index (χ4n) is 4.10. The molecule has 128 valence electrons. The second kappa shape index (κ2) is 6.55. The molecule has 0 radical (unpaired) electrons. The lowest BCUT2D eigenvalue weighted by Gasteiger charge is -2.25. The molecule has 1 aromatic carbocycles. The number of rotatable bonds is 4. The molecule has 24 heavy (non-hydrogen) atoms. The second-order valence-electron chi connectivity index (χ2n) is 6.94. The van der Waals surface area contributed by atoms with Crippen LogP contribution in [0.25, 0.3) is 11.0 Å². The van der Waals surface area contributed by atoms with Crippen LogP contribution in [0, 0.1) is 0 Å². The summed E-state index contributed by atoms with van der Waals surface area (Å²) in [5, 5.41) is 0. The first-order chi connectivity index (χ1) is 11.7.